The molecule has 0 bridgehead atoms. The Morgan fingerprint density at radius 3 is 2.47 bits per heavy atom. The fourth-order valence-corrected chi connectivity index (χ4v) is 3.69. The Bertz CT molecular complexity index is 1110. The highest BCUT2D eigenvalue weighted by atomic mass is 19.2. The van der Waals surface area contributed by atoms with Crippen molar-refractivity contribution in [2.45, 2.75) is 25.9 Å². The van der Waals surface area contributed by atoms with Crippen molar-refractivity contribution in [2.24, 2.45) is 0 Å². The Labute approximate surface area is 173 Å². The summed E-state index contributed by atoms with van der Waals surface area (Å²) in [6.07, 6.45) is -0.0121. The van der Waals surface area contributed by atoms with Crippen molar-refractivity contribution < 1.29 is 18.4 Å². The summed E-state index contributed by atoms with van der Waals surface area (Å²) >= 11 is 0. The Kier molecular flexibility index (Phi) is 5.31. The third-order valence-corrected chi connectivity index (χ3v) is 5.27. The van der Waals surface area contributed by atoms with Crippen LogP contribution in [0.3, 0.4) is 0 Å². The Balaban J connectivity index is 1.60. The van der Waals surface area contributed by atoms with Crippen LogP contribution in [0.2, 0.25) is 0 Å². The van der Waals surface area contributed by atoms with Crippen LogP contribution in [0, 0.1) is 18.6 Å². The van der Waals surface area contributed by atoms with Gasteiger partial charge in [0.05, 0.1) is 12.5 Å². The largest absolute Gasteiger partial charge is 0.327 e. The number of rotatable bonds is 5. The maximum atomic E-state index is 13.5. The van der Waals surface area contributed by atoms with Crippen LogP contribution in [0.25, 0.3) is 0 Å². The molecule has 2 amide bonds. The van der Waals surface area contributed by atoms with Crippen LogP contribution in [0.1, 0.15) is 39.5 Å². The van der Waals surface area contributed by atoms with Gasteiger partial charge < -0.3 is 10.2 Å². The molecule has 4 rings (SSSR count). The van der Waals surface area contributed by atoms with E-state index in [9.17, 15) is 18.4 Å². The van der Waals surface area contributed by atoms with E-state index in [0.29, 0.717) is 12.1 Å². The lowest BCUT2D eigenvalue weighted by molar-refractivity contribution is -0.117. The molecule has 1 atom stereocenters. The zero-order valence-electron chi connectivity index (χ0n) is 16.4. The van der Waals surface area contributed by atoms with Crippen LogP contribution in [0.5, 0.6) is 0 Å². The van der Waals surface area contributed by atoms with Gasteiger partial charge in [0.2, 0.25) is 5.91 Å². The number of hydrogen-bond acceptors (Lipinski definition) is 2. The Morgan fingerprint density at radius 2 is 1.77 bits per heavy atom. The molecular formula is C24H20F2N2O2. The van der Waals surface area contributed by atoms with Gasteiger partial charge in [0.1, 0.15) is 0 Å². The summed E-state index contributed by atoms with van der Waals surface area (Å²) in [6.45, 7) is 2.37. The quantitative estimate of drug-likeness (QED) is 0.648. The van der Waals surface area contributed by atoms with Crippen molar-refractivity contribution in [1.29, 1.82) is 0 Å². The number of amides is 2. The molecule has 3 aromatic carbocycles. The monoisotopic (exact) mass is 406 g/mol. The molecule has 1 aliphatic rings. The number of anilines is 1. The third kappa shape index (κ3) is 3.94. The number of aryl methyl sites for hydroxylation is 1. The van der Waals surface area contributed by atoms with Crippen LogP contribution >= 0.6 is 0 Å². The van der Waals surface area contributed by atoms with Crippen molar-refractivity contribution in [1.82, 2.24) is 4.90 Å². The van der Waals surface area contributed by atoms with Gasteiger partial charge in [0.25, 0.3) is 5.91 Å². The van der Waals surface area contributed by atoms with Crippen molar-refractivity contribution in [3.05, 3.63) is 101 Å². The minimum absolute atomic E-state index is 0.0121. The molecule has 0 aromatic heterocycles. The second-order valence-corrected chi connectivity index (χ2v) is 7.40. The zero-order valence-corrected chi connectivity index (χ0v) is 16.4. The molecule has 0 unspecified atom stereocenters. The highest BCUT2D eigenvalue weighted by molar-refractivity contribution is 5.99. The number of carbonyl (C=O) groups excluding carboxylic acids is 2. The molecule has 30 heavy (non-hydrogen) atoms. The second-order valence-electron chi connectivity index (χ2n) is 7.40. The molecule has 152 valence electrons. The van der Waals surface area contributed by atoms with Crippen molar-refractivity contribution >= 4 is 17.5 Å². The summed E-state index contributed by atoms with van der Waals surface area (Å²) in [5, 5.41) is 2.60. The number of nitrogens with zero attached hydrogens (tertiary/aromatic N) is 1. The van der Waals surface area contributed by atoms with E-state index in [0.717, 1.165) is 28.8 Å². The second kappa shape index (κ2) is 8.06. The van der Waals surface area contributed by atoms with Crippen LogP contribution < -0.4 is 5.32 Å². The molecule has 3 aromatic rings. The molecule has 1 heterocycles. The molecule has 1 N–H and O–H groups in total. The van der Waals surface area contributed by atoms with E-state index < -0.39 is 23.6 Å². The molecule has 0 fully saturated rings. The van der Waals surface area contributed by atoms with Gasteiger partial charge in [-0.2, -0.15) is 0 Å². The molecule has 0 saturated heterocycles. The van der Waals surface area contributed by atoms with Crippen LogP contribution in [-0.2, 0) is 11.3 Å². The molecule has 1 aliphatic heterocycles. The third-order valence-electron chi connectivity index (χ3n) is 5.27. The molecule has 0 aliphatic carbocycles. The first kappa shape index (κ1) is 19.8. The SMILES string of the molecule is Cc1ccc([C@@H](CC(=O)Nc2ccc(F)c(F)c2)N2Cc3ccccc3C2=O)cc1. The van der Waals surface area contributed by atoms with Crippen molar-refractivity contribution in [3.63, 3.8) is 0 Å². The molecule has 4 nitrogen and oxygen atoms in total. The summed E-state index contributed by atoms with van der Waals surface area (Å²) in [5.41, 5.74) is 3.62. The fourth-order valence-electron chi connectivity index (χ4n) is 3.69. The van der Waals surface area contributed by atoms with Gasteiger partial charge in [0.15, 0.2) is 11.6 Å². The maximum absolute atomic E-state index is 13.5. The van der Waals surface area contributed by atoms with Gasteiger partial charge >= 0.3 is 0 Å². The van der Waals surface area contributed by atoms with Gasteiger partial charge in [-0.25, -0.2) is 8.78 Å². The fraction of sp³-hybridized carbons (Fsp3) is 0.167. The van der Waals surface area contributed by atoms with Crippen LogP contribution in [0.15, 0.2) is 66.7 Å². The van der Waals surface area contributed by atoms with Crippen LogP contribution in [-0.4, -0.2) is 16.7 Å². The standard InChI is InChI=1S/C24H20F2N2O2/c1-15-6-8-16(9-7-15)22(28-14-17-4-2-3-5-19(17)24(28)30)13-23(29)27-18-10-11-20(25)21(26)12-18/h2-12,22H,13-14H2,1H3,(H,27,29)/t22-/m1/s1. The smallest absolute Gasteiger partial charge is 0.255 e. The number of nitrogens with one attached hydrogen (secondary N) is 1. The van der Waals surface area contributed by atoms with Gasteiger partial charge in [-0.05, 0) is 36.2 Å². The maximum Gasteiger partial charge on any atom is 0.255 e. The average molecular weight is 406 g/mol. The minimum Gasteiger partial charge on any atom is -0.327 e. The van der Waals surface area contributed by atoms with E-state index in [-0.39, 0.29) is 18.0 Å². The normalized spacial score (nSPS) is 13.8. The van der Waals surface area contributed by atoms with E-state index in [1.807, 2.05) is 49.4 Å². The predicted molar refractivity (Wildman–Crippen MR) is 110 cm³/mol. The van der Waals surface area contributed by atoms with Gasteiger partial charge in [-0.1, -0.05) is 48.0 Å². The lowest BCUT2D eigenvalue weighted by atomic mass is 10.00. The van der Waals surface area contributed by atoms with Crippen LogP contribution in [0.4, 0.5) is 14.5 Å². The topological polar surface area (TPSA) is 49.4 Å². The number of carbonyl (C=O) groups is 2. The summed E-state index contributed by atoms with van der Waals surface area (Å²) in [6, 6.07) is 17.8. The number of benzene rings is 3. The summed E-state index contributed by atoms with van der Waals surface area (Å²) in [4.78, 5) is 27.4. The highest BCUT2D eigenvalue weighted by Crippen LogP contribution is 2.34. The van der Waals surface area contributed by atoms with E-state index in [2.05, 4.69) is 5.32 Å². The first-order chi connectivity index (χ1) is 14.4. The summed E-state index contributed by atoms with van der Waals surface area (Å²) < 4.78 is 26.6. The Morgan fingerprint density at radius 1 is 1.03 bits per heavy atom. The van der Waals surface area contributed by atoms with E-state index in [1.165, 1.54) is 6.07 Å². The number of hydrogen-bond donors (Lipinski definition) is 1. The van der Waals surface area contributed by atoms with Crippen molar-refractivity contribution in [3.8, 4) is 0 Å². The summed E-state index contributed by atoms with van der Waals surface area (Å²) in [7, 11) is 0. The van der Waals surface area contributed by atoms with E-state index in [4.69, 9.17) is 0 Å². The van der Waals surface area contributed by atoms with E-state index in [1.54, 1.807) is 11.0 Å². The highest BCUT2D eigenvalue weighted by Gasteiger charge is 2.34. The first-order valence-corrected chi connectivity index (χ1v) is 9.63. The average Bonchev–Trinajstić information content (AvgIpc) is 3.06. The summed E-state index contributed by atoms with van der Waals surface area (Å²) in [5.74, 6) is -2.54. The van der Waals surface area contributed by atoms with E-state index >= 15 is 0 Å². The van der Waals surface area contributed by atoms with Gasteiger partial charge in [-0.15, -0.1) is 0 Å². The molecule has 6 heteroatoms. The molecule has 0 spiro atoms. The van der Waals surface area contributed by atoms with Crippen molar-refractivity contribution in [2.75, 3.05) is 5.32 Å². The van der Waals surface area contributed by atoms with Gasteiger partial charge in [-0.3, -0.25) is 9.59 Å². The van der Waals surface area contributed by atoms with Gasteiger partial charge in [0, 0.05) is 23.9 Å². The molecule has 0 saturated carbocycles. The number of halogens is 2. The first-order valence-electron chi connectivity index (χ1n) is 9.63. The lowest BCUT2D eigenvalue weighted by Crippen LogP contribution is -2.32. The number of fused-ring (bicyclic) bond motifs is 1. The zero-order chi connectivity index (χ0) is 21.3. The predicted octanol–water partition coefficient (Wildman–Crippen LogP) is 5.00. The lowest BCUT2D eigenvalue weighted by Gasteiger charge is -2.28. The minimum atomic E-state index is -1.03. The molecule has 0 radical (unpaired) electrons. The molecular weight excluding hydrogens is 386 g/mol. The Hall–Kier alpha value is -3.54.